The summed E-state index contributed by atoms with van der Waals surface area (Å²) in [5.41, 5.74) is 8.55. The lowest BCUT2D eigenvalue weighted by Crippen LogP contribution is -2.41. The van der Waals surface area contributed by atoms with Crippen molar-refractivity contribution in [1.82, 2.24) is 10.6 Å². The van der Waals surface area contributed by atoms with Crippen molar-refractivity contribution in [3.8, 4) is 0 Å². The van der Waals surface area contributed by atoms with Gasteiger partial charge in [-0.1, -0.05) is 55.8 Å². The van der Waals surface area contributed by atoms with E-state index in [0.717, 1.165) is 24.0 Å². The van der Waals surface area contributed by atoms with E-state index in [1.165, 1.54) is 0 Å². The minimum atomic E-state index is -0.582. The van der Waals surface area contributed by atoms with E-state index in [1.807, 2.05) is 42.5 Å². The van der Waals surface area contributed by atoms with E-state index < -0.39 is 6.04 Å². The van der Waals surface area contributed by atoms with Crippen LogP contribution in [0.3, 0.4) is 0 Å². The minimum absolute atomic E-state index is 0.0704. The molecule has 26 heavy (non-hydrogen) atoms. The first kappa shape index (κ1) is 19.7. The first-order valence-corrected chi connectivity index (χ1v) is 9.04. The lowest BCUT2D eigenvalue weighted by Gasteiger charge is -2.12. The highest BCUT2D eigenvalue weighted by molar-refractivity contribution is 5.94. The van der Waals surface area contributed by atoms with Crippen LogP contribution < -0.4 is 16.4 Å². The van der Waals surface area contributed by atoms with E-state index in [0.29, 0.717) is 25.1 Å². The number of carbonyl (C=O) groups is 2. The average molecular weight is 353 g/mol. The second-order valence-corrected chi connectivity index (χ2v) is 6.32. The van der Waals surface area contributed by atoms with E-state index in [-0.39, 0.29) is 11.8 Å². The highest BCUT2D eigenvalue weighted by atomic mass is 16.2. The molecule has 2 rings (SSSR count). The van der Waals surface area contributed by atoms with Gasteiger partial charge in [-0.2, -0.15) is 0 Å². The van der Waals surface area contributed by atoms with Gasteiger partial charge in [0.1, 0.15) is 0 Å². The molecule has 0 aliphatic heterocycles. The molecule has 0 aliphatic carbocycles. The van der Waals surface area contributed by atoms with Crippen LogP contribution >= 0.6 is 0 Å². The number of hydrogen-bond acceptors (Lipinski definition) is 3. The van der Waals surface area contributed by atoms with Gasteiger partial charge in [-0.3, -0.25) is 9.59 Å². The Hall–Kier alpha value is -2.66. The molecule has 5 heteroatoms. The summed E-state index contributed by atoms with van der Waals surface area (Å²) in [6, 6.07) is 16.4. The summed E-state index contributed by atoms with van der Waals surface area (Å²) in [5, 5.41) is 5.73. The zero-order valence-corrected chi connectivity index (χ0v) is 15.2. The number of amides is 2. The quantitative estimate of drug-likeness (QED) is 0.605. The number of rotatable bonds is 9. The van der Waals surface area contributed by atoms with E-state index in [2.05, 4.69) is 17.6 Å². The molecule has 5 nitrogen and oxygen atoms in total. The lowest BCUT2D eigenvalue weighted by molar-refractivity contribution is -0.122. The largest absolute Gasteiger partial charge is 0.352 e. The van der Waals surface area contributed by atoms with Gasteiger partial charge < -0.3 is 16.4 Å². The van der Waals surface area contributed by atoms with Crippen LogP contribution in [0.5, 0.6) is 0 Å². The summed E-state index contributed by atoms with van der Waals surface area (Å²) in [7, 11) is 0. The third kappa shape index (κ3) is 6.33. The van der Waals surface area contributed by atoms with E-state index in [1.54, 1.807) is 12.1 Å². The Bertz CT molecular complexity index is 699. The zero-order chi connectivity index (χ0) is 18.8. The molecule has 0 radical (unpaired) electrons. The van der Waals surface area contributed by atoms with Gasteiger partial charge in [-0.05, 0) is 36.1 Å². The number of nitrogens with one attached hydrogen (secondary N) is 2. The molecule has 2 amide bonds. The molecule has 0 saturated heterocycles. The molecule has 4 N–H and O–H groups in total. The normalized spacial score (nSPS) is 11.6. The summed E-state index contributed by atoms with van der Waals surface area (Å²) < 4.78 is 0. The molecule has 0 heterocycles. The Labute approximate surface area is 155 Å². The molecule has 138 valence electrons. The molecule has 0 aliphatic rings. The van der Waals surface area contributed by atoms with Gasteiger partial charge in [-0.25, -0.2) is 0 Å². The van der Waals surface area contributed by atoms with Crippen molar-refractivity contribution in [1.29, 1.82) is 0 Å². The van der Waals surface area contributed by atoms with Crippen molar-refractivity contribution in [3.63, 3.8) is 0 Å². The lowest BCUT2D eigenvalue weighted by atomic mass is 10.1. The molecule has 2 aromatic rings. The van der Waals surface area contributed by atoms with E-state index >= 15 is 0 Å². The standard InChI is InChI=1S/C21H27N3O2/c1-2-3-13-23-20(25)18-11-9-17(10-12-18)15-24-21(26)19(22)14-16-7-5-4-6-8-16/h4-12,19H,2-3,13-15,22H2,1H3,(H,23,25)(H,24,26)/t19-/m0/s1. The molecule has 2 aromatic carbocycles. The second-order valence-electron chi connectivity index (χ2n) is 6.32. The number of carbonyl (C=O) groups excluding carboxylic acids is 2. The minimum Gasteiger partial charge on any atom is -0.352 e. The van der Waals surface area contributed by atoms with Crippen molar-refractivity contribution in [3.05, 3.63) is 71.3 Å². The van der Waals surface area contributed by atoms with Crippen LogP contribution in [0.2, 0.25) is 0 Å². The molecular formula is C21H27N3O2. The fourth-order valence-electron chi connectivity index (χ4n) is 2.54. The summed E-state index contributed by atoms with van der Waals surface area (Å²) in [5.74, 6) is -0.255. The first-order valence-electron chi connectivity index (χ1n) is 9.04. The Kier molecular flexibility index (Phi) is 7.83. The number of hydrogen-bond donors (Lipinski definition) is 3. The molecule has 0 aromatic heterocycles. The predicted octanol–water partition coefficient (Wildman–Crippen LogP) is 2.40. The average Bonchev–Trinajstić information content (AvgIpc) is 2.67. The van der Waals surface area contributed by atoms with Gasteiger partial charge in [0.25, 0.3) is 5.91 Å². The van der Waals surface area contributed by atoms with Crippen molar-refractivity contribution in [2.75, 3.05) is 6.54 Å². The maximum Gasteiger partial charge on any atom is 0.251 e. The van der Waals surface area contributed by atoms with Crippen LogP contribution in [0.4, 0.5) is 0 Å². The molecule has 0 unspecified atom stereocenters. The SMILES string of the molecule is CCCCNC(=O)c1ccc(CNC(=O)[C@@H](N)Cc2ccccc2)cc1. The summed E-state index contributed by atoms with van der Waals surface area (Å²) in [6.45, 7) is 3.16. The summed E-state index contributed by atoms with van der Waals surface area (Å²) in [4.78, 5) is 24.1. The van der Waals surface area contributed by atoms with Crippen LogP contribution in [0.25, 0.3) is 0 Å². The zero-order valence-electron chi connectivity index (χ0n) is 15.2. The highest BCUT2D eigenvalue weighted by Crippen LogP contribution is 2.06. The third-order valence-electron chi connectivity index (χ3n) is 4.13. The number of nitrogens with two attached hydrogens (primary N) is 1. The van der Waals surface area contributed by atoms with Crippen molar-refractivity contribution in [2.45, 2.75) is 38.8 Å². The Morgan fingerprint density at radius 2 is 1.65 bits per heavy atom. The molecule has 0 fully saturated rings. The Balaban J connectivity index is 1.79. The van der Waals surface area contributed by atoms with Crippen molar-refractivity contribution < 1.29 is 9.59 Å². The number of benzene rings is 2. The molecule has 0 spiro atoms. The van der Waals surface area contributed by atoms with Gasteiger partial charge in [0.05, 0.1) is 6.04 Å². The first-order chi connectivity index (χ1) is 12.6. The predicted molar refractivity (Wildman–Crippen MR) is 104 cm³/mol. The van der Waals surface area contributed by atoms with E-state index in [9.17, 15) is 9.59 Å². The Morgan fingerprint density at radius 3 is 2.31 bits per heavy atom. The molecule has 0 bridgehead atoms. The monoisotopic (exact) mass is 353 g/mol. The fourth-order valence-corrected chi connectivity index (χ4v) is 2.54. The summed E-state index contributed by atoms with van der Waals surface area (Å²) >= 11 is 0. The summed E-state index contributed by atoms with van der Waals surface area (Å²) in [6.07, 6.45) is 2.52. The van der Waals surface area contributed by atoms with Crippen LogP contribution in [0, 0.1) is 0 Å². The molecule has 0 saturated carbocycles. The molecule has 1 atom stereocenters. The Morgan fingerprint density at radius 1 is 0.962 bits per heavy atom. The van der Waals surface area contributed by atoms with Crippen molar-refractivity contribution in [2.24, 2.45) is 5.73 Å². The topological polar surface area (TPSA) is 84.2 Å². The van der Waals surface area contributed by atoms with E-state index in [4.69, 9.17) is 5.73 Å². The van der Waals surface area contributed by atoms with Gasteiger partial charge in [-0.15, -0.1) is 0 Å². The van der Waals surface area contributed by atoms with Crippen molar-refractivity contribution >= 4 is 11.8 Å². The van der Waals surface area contributed by atoms with Gasteiger partial charge in [0.2, 0.25) is 5.91 Å². The highest BCUT2D eigenvalue weighted by Gasteiger charge is 2.13. The third-order valence-corrected chi connectivity index (χ3v) is 4.13. The maximum atomic E-state index is 12.1. The van der Waals surface area contributed by atoms with Crippen LogP contribution in [0.1, 0.15) is 41.3 Å². The van der Waals surface area contributed by atoms with Crippen LogP contribution in [-0.4, -0.2) is 24.4 Å². The smallest absolute Gasteiger partial charge is 0.251 e. The number of unbranched alkanes of at least 4 members (excludes halogenated alkanes) is 1. The fraction of sp³-hybridized carbons (Fsp3) is 0.333. The molecular weight excluding hydrogens is 326 g/mol. The second kappa shape index (κ2) is 10.4. The maximum absolute atomic E-state index is 12.1. The van der Waals surface area contributed by atoms with Gasteiger partial charge in [0.15, 0.2) is 0 Å². The van der Waals surface area contributed by atoms with Crippen LogP contribution in [0.15, 0.2) is 54.6 Å². The van der Waals surface area contributed by atoms with Gasteiger partial charge >= 0.3 is 0 Å². The van der Waals surface area contributed by atoms with Crippen LogP contribution in [-0.2, 0) is 17.8 Å². The van der Waals surface area contributed by atoms with Gasteiger partial charge in [0, 0.05) is 18.7 Å².